The molecular weight excluding hydrogens is 247 g/mol. The lowest BCUT2D eigenvalue weighted by Crippen LogP contribution is -2.15. The third-order valence-corrected chi connectivity index (χ3v) is 3.91. The van der Waals surface area contributed by atoms with Crippen molar-refractivity contribution in [3.63, 3.8) is 0 Å². The number of benzene rings is 1. The van der Waals surface area contributed by atoms with Gasteiger partial charge in [0.2, 0.25) is 0 Å². The minimum atomic E-state index is -0.302. The smallest absolute Gasteiger partial charge is 0.168 e. The zero-order valence-electron chi connectivity index (χ0n) is 9.09. The standard InChI is InChI=1S/C12H12Cl2O2/c1-12(16-2)6-8(12)11(15)7-3-4-9(13)10(14)5-7/h3-5,8H,6H2,1-2H3. The second-order valence-electron chi connectivity index (χ2n) is 4.27. The summed E-state index contributed by atoms with van der Waals surface area (Å²) in [5, 5.41) is 0.871. The van der Waals surface area contributed by atoms with Crippen LogP contribution in [0.25, 0.3) is 0 Å². The summed E-state index contributed by atoms with van der Waals surface area (Å²) in [6.45, 7) is 1.94. The Bertz CT molecular complexity index is 445. The average molecular weight is 259 g/mol. The Morgan fingerprint density at radius 3 is 2.62 bits per heavy atom. The third-order valence-electron chi connectivity index (χ3n) is 3.17. The highest BCUT2D eigenvalue weighted by molar-refractivity contribution is 6.42. The van der Waals surface area contributed by atoms with Crippen molar-refractivity contribution in [2.24, 2.45) is 5.92 Å². The monoisotopic (exact) mass is 258 g/mol. The van der Waals surface area contributed by atoms with Crippen molar-refractivity contribution in [2.45, 2.75) is 18.9 Å². The van der Waals surface area contributed by atoms with Crippen LogP contribution < -0.4 is 0 Å². The van der Waals surface area contributed by atoms with Crippen molar-refractivity contribution in [2.75, 3.05) is 7.11 Å². The number of Topliss-reactive ketones (excluding diaryl/α,β-unsaturated/α-hetero) is 1. The van der Waals surface area contributed by atoms with Gasteiger partial charge in [-0.2, -0.15) is 0 Å². The molecule has 0 spiro atoms. The summed E-state index contributed by atoms with van der Waals surface area (Å²) in [6.07, 6.45) is 0.766. The molecule has 1 saturated carbocycles. The second-order valence-corrected chi connectivity index (χ2v) is 5.08. The van der Waals surface area contributed by atoms with Gasteiger partial charge in [-0.05, 0) is 31.5 Å². The number of rotatable bonds is 3. The summed E-state index contributed by atoms with van der Waals surface area (Å²) in [5.74, 6) is 0.0117. The van der Waals surface area contributed by atoms with Crippen molar-refractivity contribution in [1.82, 2.24) is 0 Å². The fourth-order valence-corrected chi connectivity index (χ4v) is 2.09. The molecule has 1 aromatic carbocycles. The zero-order valence-corrected chi connectivity index (χ0v) is 10.6. The second kappa shape index (κ2) is 4.02. The van der Waals surface area contributed by atoms with E-state index < -0.39 is 0 Å². The van der Waals surface area contributed by atoms with Gasteiger partial charge in [0, 0.05) is 12.7 Å². The number of ether oxygens (including phenoxy) is 1. The highest BCUT2D eigenvalue weighted by Crippen LogP contribution is 2.48. The maximum absolute atomic E-state index is 12.1. The van der Waals surface area contributed by atoms with E-state index in [1.165, 1.54) is 0 Å². The van der Waals surface area contributed by atoms with Gasteiger partial charge < -0.3 is 4.74 Å². The van der Waals surface area contributed by atoms with E-state index in [1.807, 2.05) is 6.92 Å². The molecule has 0 aliphatic heterocycles. The lowest BCUT2D eigenvalue weighted by atomic mass is 10.1. The van der Waals surface area contributed by atoms with Crippen LogP contribution in [0.5, 0.6) is 0 Å². The lowest BCUT2D eigenvalue weighted by Gasteiger charge is -2.08. The third kappa shape index (κ3) is 1.97. The number of carbonyl (C=O) groups excluding carboxylic acids is 1. The average Bonchev–Trinajstić information content (AvgIpc) is 2.95. The van der Waals surface area contributed by atoms with Crippen molar-refractivity contribution < 1.29 is 9.53 Å². The first-order valence-corrected chi connectivity index (χ1v) is 5.78. The van der Waals surface area contributed by atoms with Crippen LogP contribution in [0.1, 0.15) is 23.7 Å². The van der Waals surface area contributed by atoms with E-state index in [1.54, 1.807) is 25.3 Å². The minimum Gasteiger partial charge on any atom is -0.378 e. The first-order valence-electron chi connectivity index (χ1n) is 5.02. The first-order chi connectivity index (χ1) is 7.48. The first kappa shape index (κ1) is 11.9. The van der Waals surface area contributed by atoms with Crippen LogP contribution in [-0.4, -0.2) is 18.5 Å². The van der Waals surface area contributed by atoms with Crippen LogP contribution in [0.15, 0.2) is 18.2 Å². The molecule has 0 amide bonds. The van der Waals surface area contributed by atoms with Gasteiger partial charge in [0.25, 0.3) is 0 Å². The van der Waals surface area contributed by atoms with Crippen LogP contribution in [0.3, 0.4) is 0 Å². The van der Waals surface area contributed by atoms with E-state index in [0.29, 0.717) is 15.6 Å². The van der Waals surface area contributed by atoms with Crippen molar-refractivity contribution in [3.8, 4) is 0 Å². The SMILES string of the molecule is COC1(C)CC1C(=O)c1ccc(Cl)c(Cl)c1. The van der Waals surface area contributed by atoms with Crippen LogP contribution in [0.4, 0.5) is 0 Å². The van der Waals surface area contributed by atoms with Gasteiger partial charge in [0.05, 0.1) is 21.6 Å². The Balaban J connectivity index is 2.20. The van der Waals surface area contributed by atoms with Gasteiger partial charge >= 0.3 is 0 Å². The van der Waals surface area contributed by atoms with E-state index in [-0.39, 0.29) is 17.3 Å². The molecule has 16 heavy (non-hydrogen) atoms. The maximum Gasteiger partial charge on any atom is 0.168 e. The summed E-state index contributed by atoms with van der Waals surface area (Å²) in [4.78, 5) is 12.1. The highest BCUT2D eigenvalue weighted by atomic mass is 35.5. The molecule has 1 aromatic rings. The van der Waals surface area contributed by atoms with Gasteiger partial charge in [0.15, 0.2) is 5.78 Å². The number of methoxy groups -OCH3 is 1. The Kier molecular flexibility index (Phi) is 2.99. The predicted molar refractivity (Wildman–Crippen MR) is 64.3 cm³/mol. The Morgan fingerprint density at radius 1 is 1.44 bits per heavy atom. The van der Waals surface area contributed by atoms with Crippen LogP contribution >= 0.6 is 23.2 Å². The molecule has 2 nitrogen and oxygen atoms in total. The van der Waals surface area contributed by atoms with Crippen molar-refractivity contribution in [1.29, 1.82) is 0 Å². The minimum absolute atomic E-state index is 0.0604. The normalized spacial score (nSPS) is 27.9. The lowest BCUT2D eigenvalue weighted by molar-refractivity contribution is 0.0696. The summed E-state index contributed by atoms with van der Waals surface area (Å²) >= 11 is 11.7. The fourth-order valence-electron chi connectivity index (χ4n) is 1.79. The van der Waals surface area contributed by atoms with Crippen LogP contribution in [0.2, 0.25) is 10.0 Å². The number of hydrogen-bond acceptors (Lipinski definition) is 2. The molecule has 0 N–H and O–H groups in total. The molecule has 1 aliphatic rings. The molecule has 0 heterocycles. The Hall–Kier alpha value is -0.570. The number of hydrogen-bond donors (Lipinski definition) is 0. The molecule has 2 rings (SSSR count). The van der Waals surface area contributed by atoms with Crippen molar-refractivity contribution in [3.05, 3.63) is 33.8 Å². The van der Waals surface area contributed by atoms with E-state index in [2.05, 4.69) is 0 Å². The summed E-state index contributed by atoms with van der Waals surface area (Å²) in [7, 11) is 1.63. The number of halogens is 2. The van der Waals surface area contributed by atoms with E-state index in [9.17, 15) is 4.79 Å². The molecule has 0 saturated heterocycles. The topological polar surface area (TPSA) is 26.3 Å². The molecular formula is C12H12Cl2O2. The van der Waals surface area contributed by atoms with E-state index >= 15 is 0 Å². The zero-order chi connectivity index (χ0) is 11.9. The molecule has 2 unspecified atom stereocenters. The Labute approximate surface area is 104 Å². The van der Waals surface area contributed by atoms with Gasteiger partial charge in [0.1, 0.15) is 0 Å². The molecule has 0 bridgehead atoms. The van der Waals surface area contributed by atoms with E-state index in [0.717, 1.165) is 6.42 Å². The molecule has 2 atom stereocenters. The summed E-state index contributed by atoms with van der Waals surface area (Å²) in [5.41, 5.74) is 0.295. The molecule has 0 radical (unpaired) electrons. The van der Waals surface area contributed by atoms with E-state index in [4.69, 9.17) is 27.9 Å². The quantitative estimate of drug-likeness (QED) is 0.775. The van der Waals surface area contributed by atoms with Gasteiger partial charge in [-0.15, -0.1) is 0 Å². The summed E-state index contributed by atoms with van der Waals surface area (Å²) in [6, 6.07) is 4.95. The van der Waals surface area contributed by atoms with Gasteiger partial charge in [-0.3, -0.25) is 4.79 Å². The predicted octanol–water partition coefficient (Wildman–Crippen LogP) is 3.60. The molecule has 1 fully saturated rings. The van der Waals surface area contributed by atoms with Gasteiger partial charge in [-0.1, -0.05) is 23.2 Å². The molecule has 0 aromatic heterocycles. The maximum atomic E-state index is 12.1. The molecule has 86 valence electrons. The summed E-state index contributed by atoms with van der Waals surface area (Å²) < 4.78 is 5.28. The van der Waals surface area contributed by atoms with Crippen LogP contribution in [0, 0.1) is 5.92 Å². The molecule has 1 aliphatic carbocycles. The number of carbonyl (C=O) groups is 1. The Morgan fingerprint density at radius 2 is 2.12 bits per heavy atom. The largest absolute Gasteiger partial charge is 0.378 e. The molecule has 4 heteroatoms. The van der Waals surface area contributed by atoms with Crippen LogP contribution in [-0.2, 0) is 4.74 Å². The number of ketones is 1. The van der Waals surface area contributed by atoms with Gasteiger partial charge in [-0.25, -0.2) is 0 Å². The highest BCUT2D eigenvalue weighted by Gasteiger charge is 2.55. The fraction of sp³-hybridized carbons (Fsp3) is 0.417. The van der Waals surface area contributed by atoms with Crippen molar-refractivity contribution >= 4 is 29.0 Å².